The van der Waals surface area contributed by atoms with Crippen molar-refractivity contribution in [3.63, 3.8) is 0 Å². The number of aryl methyl sites for hydroxylation is 1. The summed E-state index contributed by atoms with van der Waals surface area (Å²) in [5.74, 6) is 1.08. The quantitative estimate of drug-likeness (QED) is 0.929. The summed E-state index contributed by atoms with van der Waals surface area (Å²) >= 11 is 0. The molecule has 1 atom stereocenters. The average molecular weight is 279 g/mol. The summed E-state index contributed by atoms with van der Waals surface area (Å²) in [6.07, 6.45) is 4.51. The maximum atomic E-state index is 5.58. The first-order valence-corrected chi connectivity index (χ1v) is 7.96. The Hall–Kier alpha value is -1.80. The minimum absolute atomic E-state index is 0.499. The van der Waals surface area contributed by atoms with Gasteiger partial charge in [-0.1, -0.05) is 36.4 Å². The second kappa shape index (κ2) is 5.53. The predicted molar refractivity (Wildman–Crippen MR) is 84.9 cm³/mol. The maximum absolute atomic E-state index is 5.58. The fourth-order valence-electron chi connectivity index (χ4n) is 3.56. The minimum Gasteiger partial charge on any atom is -0.493 e. The molecule has 0 aliphatic carbocycles. The molecule has 2 aliphatic rings. The molecule has 2 aromatic rings. The SMILES string of the molecule is c1ccc2c(c1)CCNC2CCc1ccc2c(c1)CCO2. The van der Waals surface area contributed by atoms with Crippen LogP contribution in [0.5, 0.6) is 5.75 Å². The fourth-order valence-corrected chi connectivity index (χ4v) is 3.56. The molecule has 0 fully saturated rings. The van der Waals surface area contributed by atoms with Gasteiger partial charge >= 0.3 is 0 Å². The van der Waals surface area contributed by atoms with E-state index >= 15 is 0 Å². The standard InChI is InChI=1S/C19H21NO/c1-2-4-17-15(3-1)9-11-20-18(17)7-5-14-6-8-19-16(13-14)10-12-21-19/h1-4,6,8,13,18,20H,5,7,9-12H2. The molecule has 0 radical (unpaired) electrons. The zero-order valence-electron chi connectivity index (χ0n) is 12.3. The molecule has 4 rings (SSSR count). The van der Waals surface area contributed by atoms with E-state index in [1.54, 1.807) is 0 Å². The van der Waals surface area contributed by atoms with Crippen LogP contribution in [0.4, 0.5) is 0 Å². The monoisotopic (exact) mass is 279 g/mol. The largest absolute Gasteiger partial charge is 0.493 e. The zero-order valence-corrected chi connectivity index (χ0v) is 12.3. The molecule has 0 bridgehead atoms. The second-order valence-electron chi connectivity index (χ2n) is 6.03. The van der Waals surface area contributed by atoms with Gasteiger partial charge in [-0.05, 0) is 54.1 Å². The smallest absolute Gasteiger partial charge is 0.122 e. The molecule has 0 aromatic heterocycles. The number of hydrogen-bond donors (Lipinski definition) is 1. The Morgan fingerprint density at radius 3 is 3.00 bits per heavy atom. The number of fused-ring (bicyclic) bond motifs is 2. The van der Waals surface area contributed by atoms with Gasteiger partial charge in [-0.3, -0.25) is 0 Å². The van der Waals surface area contributed by atoms with E-state index in [1.807, 2.05) is 0 Å². The molecule has 2 nitrogen and oxygen atoms in total. The van der Waals surface area contributed by atoms with Gasteiger partial charge in [0.2, 0.25) is 0 Å². The second-order valence-corrected chi connectivity index (χ2v) is 6.03. The van der Waals surface area contributed by atoms with Crippen LogP contribution in [0.15, 0.2) is 42.5 Å². The highest BCUT2D eigenvalue weighted by molar-refractivity contribution is 5.40. The van der Waals surface area contributed by atoms with E-state index in [4.69, 9.17) is 4.74 Å². The molecule has 21 heavy (non-hydrogen) atoms. The van der Waals surface area contributed by atoms with E-state index in [0.29, 0.717) is 6.04 Å². The molecular formula is C19H21NO. The Morgan fingerprint density at radius 2 is 2.00 bits per heavy atom. The highest BCUT2D eigenvalue weighted by Gasteiger charge is 2.19. The van der Waals surface area contributed by atoms with E-state index < -0.39 is 0 Å². The molecule has 0 amide bonds. The van der Waals surface area contributed by atoms with Gasteiger partial charge in [0, 0.05) is 12.5 Å². The number of benzene rings is 2. The van der Waals surface area contributed by atoms with Crippen molar-refractivity contribution >= 4 is 0 Å². The molecule has 0 spiro atoms. The number of rotatable bonds is 3. The molecule has 108 valence electrons. The zero-order chi connectivity index (χ0) is 14.1. The Labute approximate surface area is 126 Å². The third-order valence-corrected chi connectivity index (χ3v) is 4.69. The molecule has 2 aromatic carbocycles. The third-order valence-electron chi connectivity index (χ3n) is 4.69. The lowest BCUT2D eigenvalue weighted by Gasteiger charge is -2.27. The van der Waals surface area contributed by atoms with Crippen LogP contribution in [-0.4, -0.2) is 13.2 Å². The van der Waals surface area contributed by atoms with Gasteiger partial charge in [-0.25, -0.2) is 0 Å². The van der Waals surface area contributed by atoms with Crippen LogP contribution < -0.4 is 10.1 Å². The summed E-state index contributed by atoms with van der Waals surface area (Å²) in [5.41, 5.74) is 5.82. The lowest BCUT2D eigenvalue weighted by molar-refractivity contribution is 0.357. The van der Waals surface area contributed by atoms with Gasteiger partial charge in [-0.15, -0.1) is 0 Å². The van der Waals surface area contributed by atoms with E-state index in [-0.39, 0.29) is 0 Å². The van der Waals surface area contributed by atoms with Crippen molar-refractivity contribution in [3.05, 3.63) is 64.7 Å². The molecule has 1 unspecified atom stereocenters. The van der Waals surface area contributed by atoms with Crippen molar-refractivity contribution in [1.29, 1.82) is 0 Å². The van der Waals surface area contributed by atoms with Gasteiger partial charge in [0.25, 0.3) is 0 Å². The Kier molecular flexibility index (Phi) is 3.40. The highest BCUT2D eigenvalue weighted by atomic mass is 16.5. The first-order chi connectivity index (χ1) is 10.4. The summed E-state index contributed by atoms with van der Waals surface area (Å²) in [7, 11) is 0. The minimum atomic E-state index is 0.499. The molecule has 0 saturated heterocycles. The van der Waals surface area contributed by atoms with Crippen LogP contribution in [0.25, 0.3) is 0 Å². The highest BCUT2D eigenvalue weighted by Crippen LogP contribution is 2.29. The molecule has 1 N–H and O–H groups in total. The summed E-state index contributed by atoms with van der Waals surface area (Å²) in [6.45, 7) is 1.94. The van der Waals surface area contributed by atoms with Crippen LogP contribution in [0.2, 0.25) is 0 Å². The van der Waals surface area contributed by atoms with Crippen molar-refractivity contribution in [3.8, 4) is 5.75 Å². The Bertz CT molecular complexity index is 650. The first-order valence-electron chi connectivity index (χ1n) is 7.96. The van der Waals surface area contributed by atoms with E-state index in [1.165, 1.54) is 22.3 Å². The number of ether oxygens (including phenoxy) is 1. The van der Waals surface area contributed by atoms with Crippen molar-refractivity contribution in [2.45, 2.75) is 31.7 Å². The van der Waals surface area contributed by atoms with Crippen molar-refractivity contribution in [2.75, 3.05) is 13.2 Å². The van der Waals surface area contributed by atoms with Crippen LogP contribution in [-0.2, 0) is 19.3 Å². The third kappa shape index (κ3) is 2.56. The molecular weight excluding hydrogens is 258 g/mol. The van der Waals surface area contributed by atoms with Crippen molar-refractivity contribution in [2.24, 2.45) is 0 Å². The van der Waals surface area contributed by atoms with Gasteiger partial charge in [0.05, 0.1) is 6.61 Å². The van der Waals surface area contributed by atoms with Gasteiger partial charge in [0.15, 0.2) is 0 Å². The first kappa shape index (κ1) is 12.9. The van der Waals surface area contributed by atoms with E-state index in [9.17, 15) is 0 Å². The van der Waals surface area contributed by atoms with Gasteiger partial charge in [0.1, 0.15) is 5.75 Å². The Balaban J connectivity index is 1.48. The van der Waals surface area contributed by atoms with Gasteiger partial charge < -0.3 is 10.1 Å². The van der Waals surface area contributed by atoms with E-state index in [0.717, 1.165) is 44.6 Å². The Morgan fingerprint density at radius 1 is 1.05 bits per heavy atom. The molecule has 2 aliphatic heterocycles. The van der Waals surface area contributed by atoms with Crippen molar-refractivity contribution < 1.29 is 4.74 Å². The van der Waals surface area contributed by atoms with E-state index in [2.05, 4.69) is 47.8 Å². The van der Waals surface area contributed by atoms with Crippen LogP contribution in [0.1, 0.15) is 34.7 Å². The summed E-state index contributed by atoms with van der Waals surface area (Å²) in [4.78, 5) is 0. The van der Waals surface area contributed by atoms with Crippen molar-refractivity contribution in [1.82, 2.24) is 5.32 Å². The van der Waals surface area contributed by atoms with Gasteiger partial charge in [-0.2, -0.15) is 0 Å². The lowest BCUT2D eigenvalue weighted by atomic mass is 9.90. The fraction of sp³-hybridized carbons (Fsp3) is 0.368. The summed E-state index contributed by atoms with van der Waals surface area (Å²) in [5, 5.41) is 3.67. The topological polar surface area (TPSA) is 21.3 Å². The van der Waals surface area contributed by atoms with Crippen LogP contribution >= 0.6 is 0 Å². The molecule has 0 saturated carbocycles. The van der Waals surface area contributed by atoms with Crippen LogP contribution in [0, 0.1) is 0 Å². The molecule has 2 heteroatoms. The average Bonchev–Trinajstić information content (AvgIpc) is 3.00. The maximum Gasteiger partial charge on any atom is 0.122 e. The summed E-state index contributed by atoms with van der Waals surface area (Å²) in [6, 6.07) is 16.1. The lowest BCUT2D eigenvalue weighted by Crippen LogP contribution is -2.30. The number of nitrogens with one attached hydrogen (secondary N) is 1. The molecule has 2 heterocycles. The number of hydrogen-bond acceptors (Lipinski definition) is 2. The van der Waals surface area contributed by atoms with Crippen LogP contribution in [0.3, 0.4) is 0 Å². The normalized spacial score (nSPS) is 19.7. The predicted octanol–water partition coefficient (Wildman–Crippen LogP) is 3.44. The summed E-state index contributed by atoms with van der Waals surface area (Å²) < 4.78 is 5.58.